The lowest BCUT2D eigenvalue weighted by Crippen LogP contribution is -2.10. The molecule has 1 atom stereocenters. The number of nitrogens with zero attached hydrogens (tertiary/aromatic N) is 3. The van der Waals surface area contributed by atoms with Gasteiger partial charge in [0.25, 0.3) is 5.69 Å². The minimum absolute atomic E-state index is 0.0942. The molecule has 7 heteroatoms. The van der Waals surface area contributed by atoms with Crippen LogP contribution < -0.4 is 11.1 Å². The Balaban J connectivity index is 2.21. The summed E-state index contributed by atoms with van der Waals surface area (Å²) in [5, 5.41) is 13.8. The molecular weight excluding hydrogens is 246 g/mol. The van der Waals surface area contributed by atoms with E-state index in [0.29, 0.717) is 5.82 Å². The Bertz CT molecular complexity index is 588. The first kappa shape index (κ1) is 12.7. The average molecular weight is 259 g/mol. The van der Waals surface area contributed by atoms with E-state index in [1.54, 1.807) is 6.20 Å². The maximum absolute atomic E-state index is 10.7. The summed E-state index contributed by atoms with van der Waals surface area (Å²) in [4.78, 5) is 18.5. The van der Waals surface area contributed by atoms with E-state index in [1.165, 1.54) is 12.1 Å². The molecule has 0 aliphatic heterocycles. The lowest BCUT2D eigenvalue weighted by atomic mass is 10.2. The lowest BCUT2D eigenvalue weighted by molar-refractivity contribution is -0.384. The average Bonchev–Trinajstić information content (AvgIpc) is 2.39. The van der Waals surface area contributed by atoms with Crippen molar-refractivity contribution < 1.29 is 4.92 Å². The number of nitrogens with two attached hydrogens (primary N) is 1. The predicted octanol–water partition coefficient (Wildman–Crippen LogP) is 2.14. The van der Waals surface area contributed by atoms with Crippen molar-refractivity contribution >= 4 is 17.3 Å². The highest BCUT2D eigenvalue weighted by atomic mass is 16.6. The first-order chi connectivity index (χ1) is 9.06. The van der Waals surface area contributed by atoms with Crippen molar-refractivity contribution in [3.05, 3.63) is 52.3 Å². The van der Waals surface area contributed by atoms with Crippen LogP contribution in [0.3, 0.4) is 0 Å². The SMILES string of the molecule is CC(Nc1cc([N+](=O)[O-])cc(N)n1)c1ccccn1. The molecule has 0 fully saturated rings. The van der Waals surface area contributed by atoms with Crippen LogP contribution in [0.2, 0.25) is 0 Å². The molecule has 0 aliphatic carbocycles. The molecule has 0 radical (unpaired) electrons. The Labute approximate surface area is 109 Å². The van der Waals surface area contributed by atoms with Crippen LogP contribution in [-0.2, 0) is 0 Å². The fourth-order valence-electron chi connectivity index (χ4n) is 1.64. The zero-order valence-electron chi connectivity index (χ0n) is 10.3. The normalized spacial score (nSPS) is 11.8. The zero-order chi connectivity index (χ0) is 13.8. The van der Waals surface area contributed by atoms with Gasteiger partial charge in [0.2, 0.25) is 0 Å². The highest BCUT2D eigenvalue weighted by molar-refractivity contribution is 5.53. The molecule has 0 saturated heterocycles. The first-order valence-electron chi connectivity index (χ1n) is 5.65. The summed E-state index contributed by atoms with van der Waals surface area (Å²) >= 11 is 0. The third-order valence-corrected chi connectivity index (χ3v) is 2.54. The minimum Gasteiger partial charge on any atom is -0.383 e. The van der Waals surface area contributed by atoms with Gasteiger partial charge in [-0.15, -0.1) is 0 Å². The van der Waals surface area contributed by atoms with Crippen molar-refractivity contribution in [2.75, 3.05) is 11.1 Å². The largest absolute Gasteiger partial charge is 0.383 e. The zero-order valence-corrected chi connectivity index (χ0v) is 10.3. The van der Waals surface area contributed by atoms with Gasteiger partial charge in [-0.2, -0.15) is 0 Å². The highest BCUT2D eigenvalue weighted by Gasteiger charge is 2.12. The van der Waals surface area contributed by atoms with Crippen molar-refractivity contribution in [1.29, 1.82) is 0 Å². The number of nitro groups is 1. The summed E-state index contributed by atoms with van der Waals surface area (Å²) in [6, 6.07) is 7.98. The molecule has 2 aromatic heterocycles. The van der Waals surface area contributed by atoms with E-state index in [9.17, 15) is 10.1 Å². The van der Waals surface area contributed by atoms with Gasteiger partial charge in [0.1, 0.15) is 11.6 Å². The second-order valence-corrected chi connectivity index (χ2v) is 4.01. The molecule has 0 spiro atoms. The van der Waals surface area contributed by atoms with Crippen molar-refractivity contribution in [3.8, 4) is 0 Å². The fourth-order valence-corrected chi connectivity index (χ4v) is 1.64. The van der Waals surface area contributed by atoms with Gasteiger partial charge in [-0.3, -0.25) is 15.1 Å². The Kier molecular flexibility index (Phi) is 3.56. The molecule has 0 aromatic carbocycles. The van der Waals surface area contributed by atoms with E-state index >= 15 is 0 Å². The van der Waals surface area contributed by atoms with Crippen molar-refractivity contribution in [3.63, 3.8) is 0 Å². The van der Waals surface area contributed by atoms with Gasteiger partial charge < -0.3 is 11.1 Å². The Morgan fingerprint density at radius 3 is 2.84 bits per heavy atom. The number of hydrogen-bond donors (Lipinski definition) is 2. The topological polar surface area (TPSA) is 107 Å². The van der Waals surface area contributed by atoms with Gasteiger partial charge in [0, 0.05) is 6.20 Å². The van der Waals surface area contributed by atoms with Crippen LogP contribution in [0, 0.1) is 10.1 Å². The van der Waals surface area contributed by atoms with Crippen LogP contribution in [0.4, 0.5) is 17.3 Å². The van der Waals surface area contributed by atoms with E-state index in [-0.39, 0.29) is 17.5 Å². The lowest BCUT2D eigenvalue weighted by Gasteiger charge is -2.13. The summed E-state index contributed by atoms with van der Waals surface area (Å²) in [6.45, 7) is 1.89. The van der Waals surface area contributed by atoms with Crippen molar-refractivity contribution in [2.24, 2.45) is 0 Å². The Hall–Kier alpha value is -2.70. The standard InChI is InChI=1S/C12H13N5O2/c1-8(10-4-2-3-5-14-10)15-12-7-9(17(18)19)6-11(13)16-12/h2-8H,1H3,(H3,13,15,16). The molecule has 0 amide bonds. The molecule has 7 nitrogen and oxygen atoms in total. The van der Waals surface area contributed by atoms with Crippen molar-refractivity contribution in [2.45, 2.75) is 13.0 Å². The highest BCUT2D eigenvalue weighted by Crippen LogP contribution is 2.22. The molecule has 0 bridgehead atoms. The molecule has 2 aromatic rings. The summed E-state index contributed by atoms with van der Waals surface area (Å²) in [6.07, 6.45) is 1.68. The molecule has 2 rings (SSSR count). The third kappa shape index (κ3) is 3.15. The van der Waals surface area contributed by atoms with Gasteiger partial charge in [-0.05, 0) is 19.1 Å². The van der Waals surface area contributed by atoms with E-state index < -0.39 is 4.92 Å². The molecular formula is C12H13N5O2. The maximum Gasteiger partial charge on any atom is 0.276 e. The molecule has 1 unspecified atom stereocenters. The van der Waals surface area contributed by atoms with Crippen LogP contribution in [0.5, 0.6) is 0 Å². The smallest absolute Gasteiger partial charge is 0.276 e. The van der Waals surface area contributed by atoms with Gasteiger partial charge in [-0.25, -0.2) is 4.98 Å². The molecule has 98 valence electrons. The second kappa shape index (κ2) is 5.30. The third-order valence-electron chi connectivity index (χ3n) is 2.54. The second-order valence-electron chi connectivity index (χ2n) is 4.01. The number of nitrogen functional groups attached to an aromatic ring is 1. The quantitative estimate of drug-likeness (QED) is 0.643. The minimum atomic E-state index is -0.505. The molecule has 3 N–H and O–H groups in total. The first-order valence-corrected chi connectivity index (χ1v) is 5.65. The van der Waals surface area contributed by atoms with E-state index in [2.05, 4.69) is 15.3 Å². The fraction of sp³-hybridized carbons (Fsp3) is 0.167. The number of nitrogens with one attached hydrogen (secondary N) is 1. The summed E-state index contributed by atoms with van der Waals surface area (Å²) in [5.41, 5.74) is 6.26. The summed E-state index contributed by atoms with van der Waals surface area (Å²) < 4.78 is 0. The number of rotatable bonds is 4. The maximum atomic E-state index is 10.7. The summed E-state index contributed by atoms with van der Waals surface area (Å²) in [5.74, 6) is 0.453. The number of anilines is 2. The van der Waals surface area contributed by atoms with E-state index in [4.69, 9.17) is 5.73 Å². The van der Waals surface area contributed by atoms with Crippen LogP contribution in [0.15, 0.2) is 36.5 Å². The Morgan fingerprint density at radius 2 is 2.21 bits per heavy atom. The van der Waals surface area contributed by atoms with Gasteiger partial charge in [0.05, 0.1) is 28.8 Å². The number of pyridine rings is 2. The monoisotopic (exact) mass is 259 g/mol. The molecule has 2 heterocycles. The molecule has 0 saturated carbocycles. The van der Waals surface area contributed by atoms with Crippen LogP contribution >= 0.6 is 0 Å². The predicted molar refractivity (Wildman–Crippen MR) is 71.6 cm³/mol. The summed E-state index contributed by atoms with van der Waals surface area (Å²) in [7, 11) is 0. The van der Waals surface area contributed by atoms with E-state index in [0.717, 1.165) is 5.69 Å². The number of aromatic nitrogens is 2. The molecule has 0 aliphatic rings. The van der Waals surface area contributed by atoms with E-state index in [1.807, 2.05) is 25.1 Å². The Morgan fingerprint density at radius 1 is 1.42 bits per heavy atom. The van der Waals surface area contributed by atoms with Crippen LogP contribution in [0.25, 0.3) is 0 Å². The van der Waals surface area contributed by atoms with Crippen LogP contribution in [-0.4, -0.2) is 14.9 Å². The van der Waals surface area contributed by atoms with Gasteiger partial charge in [-0.1, -0.05) is 6.07 Å². The van der Waals surface area contributed by atoms with Crippen LogP contribution in [0.1, 0.15) is 18.7 Å². The number of hydrogen-bond acceptors (Lipinski definition) is 6. The van der Waals surface area contributed by atoms with Gasteiger partial charge >= 0.3 is 0 Å². The molecule has 19 heavy (non-hydrogen) atoms. The van der Waals surface area contributed by atoms with Crippen molar-refractivity contribution in [1.82, 2.24) is 9.97 Å². The van der Waals surface area contributed by atoms with Gasteiger partial charge in [0.15, 0.2) is 0 Å².